The highest BCUT2D eigenvalue weighted by molar-refractivity contribution is 7.89. The van der Waals surface area contributed by atoms with E-state index in [0.717, 1.165) is 32.1 Å². The molecule has 0 amide bonds. The van der Waals surface area contributed by atoms with Crippen molar-refractivity contribution in [2.24, 2.45) is 5.92 Å². The summed E-state index contributed by atoms with van der Waals surface area (Å²) in [7, 11) is -1.90. The first-order valence-electron chi connectivity index (χ1n) is 7.67. The Balaban J connectivity index is 2.20. The third kappa shape index (κ3) is 3.40. The summed E-state index contributed by atoms with van der Waals surface area (Å²) in [6, 6.07) is 0.0696. The van der Waals surface area contributed by atoms with E-state index in [9.17, 15) is 8.42 Å². The Morgan fingerprint density at radius 2 is 2.00 bits per heavy atom. The summed E-state index contributed by atoms with van der Waals surface area (Å²) < 4.78 is 28.6. The van der Waals surface area contributed by atoms with Crippen LogP contribution in [0.4, 0.5) is 5.82 Å². The summed E-state index contributed by atoms with van der Waals surface area (Å²) in [6.45, 7) is 4.91. The molecule has 0 aromatic carbocycles. The molecule has 0 unspecified atom stereocenters. The van der Waals surface area contributed by atoms with Gasteiger partial charge in [-0.15, -0.1) is 0 Å². The van der Waals surface area contributed by atoms with Crippen LogP contribution in [0.15, 0.2) is 11.1 Å². The van der Waals surface area contributed by atoms with E-state index in [1.54, 1.807) is 17.9 Å². The average Bonchev–Trinajstić information content (AvgIpc) is 2.81. The van der Waals surface area contributed by atoms with Gasteiger partial charge in [0.15, 0.2) is 5.82 Å². The van der Waals surface area contributed by atoms with Crippen LogP contribution in [0.5, 0.6) is 0 Å². The zero-order valence-electron chi connectivity index (χ0n) is 13.1. The standard InChI is InChI=1S/C14H26N4O2S/c1-4-9-18-10-13(14(15)16-18)21(19,20)17(3)12-7-5-11(2)6-8-12/h10-12H,4-9H2,1-3H3,(H2,15,16). The number of sulfonamides is 1. The maximum Gasteiger partial charge on any atom is 0.248 e. The van der Waals surface area contributed by atoms with Crippen LogP contribution in [0.2, 0.25) is 0 Å². The summed E-state index contributed by atoms with van der Waals surface area (Å²) in [5.41, 5.74) is 5.81. The molecule has 2 N–H and O–H groups in total. The summed E-state index contributed by atoms with van der Waals surface area (Å²) in [4.78, 5) is 0.136. The number of rotatable bonds is 5. The predicted octanol–water partition coefficient (Wildman–Crippen LogP) is 2.07. The highest BCUT2D eigenvalue weighted by Crippen LogP contribution is 2.30. The van der Waals surface area contributed by atoms with Crippen molar-refractivity contribution in [3.05, 3.63) is 6.20 Å². The number of hydrogen-bond acceptors (Lipinski definition) is 4. The molecule has 2 rings (SSSR count). The minimum absolute atomic E-state index is 0.0696. The first kappa shape index (κ1) is 16.3. The third-order valence-corrected chi connectivity index (χ3v) is 6.29. The number of aromatic nitrogens is 2. The molecule has 1 saturated carbocycles. The molecular weight excluding hydrogens is 288 g/mol. The van der Waals surface area contributed by atoms with Crippen molar-refractivity contribution in [3.63, 3.8) is 0 Å². The number of hydrogen-bond donors (Lipinski definition) is 1. The van der Waals surface area contributed by atoms with Crippen molar-refractivity contribution in [2.45, 2.75) is 63.4 Å². The maximum absolute atomic E-state index is 12.7. The number of aryl methyl sites for hydroxylation is 1. The van der Waals surface area contributed by atoms with Gasteiger partial charge in [0.25, 0.3) is 0 Å². The largest absolute Gasteiger partial charge is 0.381 e. The van der Waals surface area contributed by atoms with E-state index >= 15 is 0 Å². The van der Waals surface area contributed by atoms with Gasteiger partial charge in [0.05, 0.1) is 0 Å². The van der Waals surface area contributed by atoms with Gasteiger partial charge in [-0.05, 0) is 38.0 Å². The fourth-order valence-corrected chi connectivity index (χ4v) is 4.39. The van der Waals surface area contributed by atoms with Crippen molar-refractivity contribution in [2.75, 3.05) is 12.8 Å². The Bertz CT molecular complexity index is 574. The van der Waals surface area contributed by atoms with E-state index in [1.165, 1.54) is 4.31 Å². The monoisotopic (exact) mass is 314 g/mol. The molecule has 0 bridgehead atoms. The van der Waals surface area contributed by atoms with Gasteiger partial charge in [-0.1, -0.05) is 13.8 Å². The summed E-state index contributed by atoms with van der Waals surface area (Å²) in [5, 5.41) is 4.09. The Morgan fingerprint density at radius 3 is 2.57 bits per heavy atom. The van der Waals surface area contributed by atoms with Crippen molar-refractivity contribution in [1.29, 1.82) is 0 Å². The van der Waals surface area contributed by atoms with Gasteiger partial charge in [0, 0.05) is 25.8 Å². The highest BCUT2D eigenvalue weighted by Gasteiger charge is 2.33. The molecule has 0 atom stereocenters. The summed E-state index contributed by atoms with van der Waals surface area (Å²) >= 11 is 0. The first-order chi connectivity index (χ1) is 9.86. The van der Waals surface area contributed by atoms with Crippen LogP contribution in [0.1, 0.15) is 46.0 Å². The van der Waals surface area contributed by atoms with E-state index in [2.05, 4.69) is 12.0 Å². The van der Waals surface area contributed by atoms with Gasteiger partial charge >= 0.3 is 0 Å². The summed E-state index contributed by atoms with van der Waals surface area (Å²) in [5.74, 6) is 0.786. The number of anilines is 1. The second kappa shape index (κ2) is 6.36. The number of nitrogens with zero attached hydrogens (tertiary/aromatic N) is 3. The van der Waals surface area contributed by atoms with Crippen molar-refractivity contribution < 1.29 is 8.42 Å². The molecule has 1 aromatic heterocycles. The number of nitrogen functional groups attached to an aromatic ring is 1. The zero-order chi connectivity index (χ0) is 15.6. The molecule has 7 heteroatoms. The average molecular weight is 314 g/mol. The minimum Gasteiger partial charge on any atom is -0.381 e. The third-order valence-electron chi connectivity index (χ3n) is 4.36. The molecule has 120 valence electrons. The molecule has 21 heavy (non-hydrogen) atoms. The van der Waals surface area contributed by atoms with Gasteiger partial charge in [-0.25, -0.2) is 8.42 Å². The normalized spacial score (nSPS) is 23.6. The quantitative estimate of drug-likeness (QED) is 0.902. The van der Waals surface area contributed by atoms with Crippen LogP contribution in [0, 0.1) is 5.92 Å². The number of nitrogens with two attached hydrogens (primary N) is 1. The molecule has 0 radical (unpaired) electrons. The molecule has 1 aliphatic rings. The second-order valence-corrected chi connectivity index (χ2v) is 8.04. The second-order valence-electron chi connectivity index (χ2n) is 6.08. The van der Waals surface area contributed by atoms with Crippen molar-refractivity contribution in [1.82, 2.24) is 14.1 Å². The predicted molar refractivity (Wildman–Crippen MR) is 83.3 cm³/mol. The van der Waals surface area contributed by atoms with E-state index in [1.807, 2.05) is 6.92 Å². The van der Waals surface area contributed by atoms with Crippen LogP contribution < -0.4 is 5.73 Å². The minimum atomic E-state index is -3.56. The van der Waals surface area contributed by atoms with Gasteiger partial charge in [0.1, 0.15) is 4.90 Å². The van der Waals surface area contributed by atoms with Crippen molar-refractivity contribution in [3.8, 4) is 0 Å². The van der Waals surface area contributed by atoms with Gasteiger partial charge in [-0.3, -0.25) is 4.68 Å². The maximum atomic E-state index is 12.7. The SMILES string of the molecule is CCCn1cc(S(=O)(=O)N(C)C2CCC(C)CC2)c(N)n1. The van der Waals surface area contributed by atoms with E-state index < -0.39 is 10.0 Å². The molecular formula is C14H26N4O2S. The Kier molecular flexibility index (Phi) is 4.93. The van der Waals surface area contributed by atoms with E-state index in [-0.39, 0.29) is 16.8 Å². The van der Waals surface area contributed by atoms with Gasteiger partial charge < -0.3 is 5.73 Å². The molecule has 1 fully saturated rings. The fraction of sp³-hybridized carbons (Fsp3) is 0.786. The van der Waals surface area contributed by atoms with E-state index in [4.69, 9.17) is 5.73 Å². The Hall–Kier alpha value is -1.08. The molecule has 1 aromatic rings. The highest BCUT2D eigenvalue weighted by atomic mass is 32.2. The van der Waals surface area contributed by atoms with Gasteiger partial charge in [-0.2, -0.15) is 9.40 Å². The van der Waals surface area contributed by atoms with Crippen LogP contribution in [-0.2, 0) is 16.6 Å². The van der Waals surface area contributed by atoms with Crippen LogP contribution in [0.25, 0.3) is 0 Å². The molecule has 1 heterocycles. The van der Waals surface area contributed by atoms with Crippen molar-refractivity contribution >= 4 is 15.8 Å². The topological polar surface area (TPSA) is 81.2 Å². The Morgan fingerprint density at radius 1 is 1.38 bits per heavy atom. The zero-order valence-corrected chi connectivity index (χ0v) is 13.9. The van der Waals surface area contributed by atoms with Crippen LogP contribution in [0.3, 0.4) is 0 Å². The lowest BCUT2D eigenvalue weighted by molar-refractivity contribution is 0.246. The van der Waals surface area contributed by atoms with Gasteiger partial charge in [0.2, 0.25) is 10.0 Å². The first-order valence-corrected chi connectivity index (χ1v) is 9.11. The lowest BCUT2D eigenvalue weighted by atomic mass is 9.87. The van der Waals surface area contributed by atoms with Crippen LogP contribution >= 0.6 is 0 Å². The molecule has 6 nitrogen and oxygen atoms in total. The lowest BCUT2D eigenvalue weighted by Crippen LogP contribution is -2.39. The molecule has 0 saturated heterocycles. The van der Waals surface area contributed by atoms with E-state index in [0.29, 0.717) is 12.5 Å². The summed E-state index contributed by atoms with van der Waals surface area (Å²) in [6.07, 6.45) is 6.43. The molecule has 1 aliphatic carbocycles. The van der Waals surface area contributed by atoms with Crippen LogP contribution in [-0.4, -0.2) is 35.6 Å². The Labute approximate surface area is 127 Å². The molecule has 0 spiro atoms. The lowest BCUT2D eigenvalue weighted by Gasteiger charge is -2.32. The smallest absolute Gasteiger partial charge is 0.248 e. The fourth-order valence-electron chi connectivity index (χ4n) is 2.92. The molecule has 0 aliphatic heterocycles.